The quantitative estimate of drug-likeness (QED) is 0.596. The van der Waals surface area contributed by atoms with Gasteiger partial charge >= 0.3 is 0 Å². The predicted molar refractivity (Wildman–Crippen MR) is 55.1 cm³/mol. The second kappa shape index (κ2) is 12.7. The van der Waals surface area contributed by atoms with E-state index in [-0.39, 0.29) is 17.7 Å². The van der Waals surface area contributed by atoms with E-state index in [1.165, 1.54) is 23.5 Å². The Labute approximate surface area is 77.5 Å². The van der Waals surface area contributed by atoms with E-state index in [0.717, 1.165) is 0 Å². The molecule has 0 N–H and O–H groups in total. The van der Waals surface area contributed by atoms with Crippen LogP contribution in [0.2, 0.25) is 0 Å². The third-order valence-electron chi connectivity index (χ3n) is 0.575. The summed E-state index contributed by atoms with van der Waals surface area (Å²) in [5.74, 6) is 0. The molecular formula is C7H16O2S2. The molecule has 0 unspecified atom stereocenters. The highest BCUT2D eigenvalue weighted by Gasteiger charge is 1.77. The highest BCUT2D eigenvalue weighted by molar-refractivity contribution is 8.13. The number of hydrogen-bond donors (Lipinski definition) is 0. The van der Waals surface area contributed by atoms with Gasteiger partial charge in [0, 0.05) is 13.8 Å². The van der Waals surface area contributed by atoms with Crippen LogP contribution in [0.3, 0.4) is 0 Å². The smallest absolute Gasteiger partial charge is 0.185 e. The predicted octanol–water partition coefficient (Wildman–Crippen LogP) is 2.43. The van der Waals surface area contributed by atoms with Crippen LogP contribution in [-0.4, -0.2) is 22.7 Å². The zero-order valence-corrected chi connectivity index (χ0v) is 8.27. The molecule has 0 saturated carbocycles. The second-order valence-corrected chi connectivity index (χ2v) is 3.36. The van der Waals surface area contributed by atoms with Crippen molar-refractivity contribution in [3.63, 3.8) is 0 Å². The maximum Gasteiger partial charge on any atom is 0.185 e. The van der Waals surface area contributed by atoms with Gasteiger partial charge in [0.15, 0.2) is 10.2 Å². The largest absolute Gasteiger partial charge is 0.288 e. The average molecular weight is 196 g/mol. The molecule has 11 heavy (non-hydrogen) atoms. The van der Waals surface area contributed by atoms with Crippen molar-refractivity contribution in [1.82, 2.24) is 0 Å². The lowest BCUT2D eigenvalue weighted by Gasteiger charge is -1.71. The van der Waals surface area contributed by atoms with Gasteiger partial charge in [0.05, 0.1) is 0 Å². The molecule has 0 aliphatic heterocycles. The van der Waals surface area contributed by atoms with Gasteiger partial charge in [-0.2, -0.15) is 0 Å². The van der Waals surface area contributed by atoms with Crippen molar-refractivity contribution >= 4 is 33.8 Å². The summed E-state index contributed by atoms with van der Waals surface area (Å²) < 4.78 is 0. The average Bonchev–Trinajstić information content (AvgIpc) is 1.89. The Balaban J connectivity index is -0.000000107. The van der Waals surface area contributed by atoms with Gasteiger partial charge in [-0.05, 0) is 12.5 Å². The summed E-state index contributed by atoms with van der Waals surface area (Å²) in [6.07, 6.45) is 3.53. The van der Waals surface area contributed by atoms with Crippen LogP contribution in [0, 0.1) is 0 Å². The molecule has 0 saturated heterocycles. The Morgan fingerprint density at radius 2 is 1.00 bits per heavy atom. The fraction of sp³-hybridized carbons (Fsp3) is 0.714. The molecule has 0 aliphatic carbocycles. The lowest BCUT2D eigenvalue weighted by atomic mass is 10.9. The summed E-state index contributed by atoms with van der Waals surface area (Å²) in [7, 11) is 0. The minimum absolute atomic E-state index is 0. The topological polar surface area (TPSA) is 34.1 Å². The minimum Gasteiger partial charge on any atom is -0.288 e. The first-order valence-corrected chi connectivity index (χ1v) is 5.08. The molecular weight excluding hydrogens is 180 g/mol. The molecule has 0 fully saturated rings. The van der Waals surface area contributed by atoms with Crippen molar-refractivity contribution in [2.24, 2.45) is 0 Å². The molecule has 0 spiro atoms. The molecule has 0 aliphatic rings. The highest BCUT2D eigenvalue weighted by Crippen LogP contribution is 1.88. The van der Waals surface area contributed by atoms with E-state index in [2.05, 4.69) is 0 Å². The molecule has 0 bridgehead atoms. The first kappa shape index (κ1) is 17.2. The first-order chi connectivity index (χ1) is 4.54. The maximum atomic E-state index is 9.78. The Bertz CT molecular complexity index is 99.0. The minimum atomic E-state index is 0. The van der Waals surface area contributed by atoms with Crippen molar-refractivity contribution in [3.8, 4) is 0 Å². The van der Waals surface area contributed by atoms with E-state index in [1.54, 1.807) is 26.4 Å². The molecule has 0 atom stereocenters. The summed E-state index contributed by atoms with van der Waals surface area (Å²) in [6, 6.07) is 0. The molecule has 0 aromatic heterocycles. The van der Waals surface area contributed by atoms with Crippen molar-refractivity contribution in [2.45, 2.75) is 21.3 Å². The summed E-state index contributed by atoms with van der Waals surface area (Å²) in [6.45, 7) is 3.09. The van der Waals surface area contributed by atoms with Crippen LogP contribution >= 0.6 is 23.5 Å². The van der Waals surface area contributed by atoms with E-state index in [4.69, 9.17) is 0 Å². The van der Waals surface area contributed by atoms with Crippen LogP contribution in [0.5, 0.6) is 0 Å². The third-order valence-corrected chi connectivity index (χ3v) is 1.72. The summed E-state index contributed by atoms with van der Waals surface area (Å²) in [5.41, 5.74) is 0. The van der Waals surface area contributed by atoms with Crippen molar-refractivity contribution in [2.75, 3.05) is 12.5 Å². The molecule has 0 heterocycles. The Morgan fingerprint density at radius 3 is 1.00 bits per heavy atom. The Morgan fingerprint density at radius 1 is 0.909 bits per heavy atom. The van der Waals surface area contributed by atoms with Gasteiger partial charge in [0.2, 0.25) is 0 Å². The van der Waals surface area contributed by atoms with Crippen molar-refractivity contribution in [3.05, 3.63) is 0 Å². The van der Waals surface area contributed by atoms with E-state index in [0.29, 0.717) is 0 Å². The van der Waals surface area contributed by atoms with E-state index in [1.807, 2.05) is 0 Å². The Kier molecular flexibility index (Phi) is 19.9. The molecule has 0 radical (unpaired) electrons. The van der Waals surface area contributed by atoms with E-state index in [9.17, 15) is 9.59 Å². The van der Waals surface area contributed by atoms with Gasteiger partial charge in [-0.3, -0.25) is 9.59 Å². The fourth-order valence-electron chi connectivity index (χ4n) is 0. The normalized spacial score (nSPS) is 6.91. The zero-order chi connectivity index (χ0) is 8.57. The number of carbonyl (C=O) groups is 2. The molecule has 68 valence electrons. The van der Waals surface area contributed by atoms with E-state index < -0.39 is 0 Å². The van der Waals surface area contributed by atoms with Crippen LogP contribution in [0.25, 0.3) is 0 Å². The summed E-state index contributed by atoms with van der Waals surface area (Å²) in [4.78, 5) is 19.6. The SMILES string of the molecule is C.CSC(C)=O.CSC(C)=O. The number of thioether (sulfide) groups is 2. The fourth-order valence-corrected chi connectivity index (χ4v) is 0. The number of carbonyl (C=O) groups excluding carboxylic acids is 2. The standard InChI is InChI=1S/2C3H6OS.CH4/c2*1-3(4)5-2;/h2*1-2H3;1H4. The van der Waals surface area contributed by atoms with E-state index >= 15 is 0 Å². The van der Waals surface area contributed by atoms with Crippen LogP contribution in [0.15, 0.2) is 0 Å². The van der Waals surface area contributed by atoms with Crippen molar-refractivity contribution < 1.29 is 9.59 Å². The summed E-state index contributed by atoms with van der Waals surface area (Å²) >= 11 is 2.48. The monoisotopic (exact) mass is 196 g/mol. The van der Waals surface area contributed by atoms with Crippen LogP contribution in [0.1, 0.15) is 21.3 Å². The van der Waals surface area contributed by atoms with Crippen molar-refractivity contribution in [1.29, 1.82) is 0 Å². The highest BCUT2D eigenvalue weighted by atomic mass is 32.2. The molecule has 4 heteroatoms. The lowest BCUT2D eigenvalue weighted by molar-refractivity contribution is -0.109. The third kappa shape index (κ3) is 39.8. The molecule has 0 aromatic rings. The van der Waals surface area contributed by atoms with Gasteiger partial charge in [0.25, 0.3) is 0 Å². The summed E-state index contributed by atoms with van der Waals surface area (Å²) in [5, 5.41) is 0.343. The zero-order valence-electron chi connectivity index (χ0n) is 6.63. The molecule has 0 rings (SSSR count). The number of rotatable bonds is 0. The molecule has 0 amide bonds. The van der Waals surface area contributed by atoms with Gasteiger partial charge in [-0.25, -0.2) is 0 Å². The van der Waals surface area contributed by atoms with Gasteiger partial charge in [-0.1, -0.05) is 31.0 Å². The maximum absolute atomic E-state index is 9.78. The Hall–Kier alpha value is 0.0400. The van der Waals surface area contributed by atoms with Gasteiger partial charge < -0.3 is 0 Å². The van der Waals surface area contributed by atoms with Crippen LogP contribution in [-0.2, 0) is 9.59 Å². The molecule has 0 aromatic carbocycles. The van der Waals surface area contributed by atoms with Gasteiger partial charge in [-0.15, -0.1) is 0 Å². The molecule has 2 nitrogen and oxygen atoms in total. The number of hydrogen-bond acceptors (Lipinski definition) is 4. The van der Waals surface area contributed by atoms with Gasteiger partial charge in [0.1, 0.15) is 0 Å². The second-order valence-electron chi connectivity index (χ2n) is 1.39. The van der Waals surface area contributed by atoms with Crippen LogP contribution in [0.4, 0.5) is 0 Å². The lowest BCUT2D eigenvalue weighted by Crippen LogP contribution is -1.72. The van der Waals surface area contributed by atoms with Crippen LogP contribution < -0.4 is 0 Å². The first-order valence-electron chi connectivity index (χ1n) is 2.63.